The van der Waals surface area contributed by atoms with Crippen molar-refractivity contribution in [3.8, 4) is 0 Å². The van der Waals surface area contributed by atoms with Crippen molar-refractivity contribution in [1.29, 1.82) is 0 Å². The predicted molar refractivity (Wildman–Crippen MR) is 145 cm³/mol. The Labute approximate surface area is 247 Å². The van der Waals surface area contributed by atoms with Crippen LogP contribution in [0.5, 0.6) is 0 Å². The molecule has 0 saturated carbocycles. The number of carbonyl (C=O) groups is 3. The van der Waals surface area contributed by atoms with Gasteiger partial charge in [-0.25, -0.2) is 4.79 Å². The predicted octanol–water partition coefficient (Wildman–Crippen LogP) is -1.08. The van der Waals surface area contributed by atoms with Gasteiger partial charge in [-0.1, -0.05) is 0 Å². The first-order valence-electron chi connectivity index (χ1n) is 13.9. The van der Waals surface area contributed by atoms with Gasteiger partial charge in [0.25, 0.3) is 0 Å². The largest absolute Gasteiger partial charge is 0.480 e. The highest BCUT2D eigenvalue weighted by atomic mass is 16.6. The second-order valence-electron chi connectivity index (χ2n) is 8.09. The number of rotatable bonds is 34. The molecule has 0 radical (unpaired) electrons. The van der Waals surface area contributed by atoms with Gasteiger partial charge in [0.05, 0.1) is 119 Å². The van der Waals surface area contributed by atoms with E-state index >= 15 is 0 Å². The van der Waals surface area contributed by atoms with Gasteiger partial charge >= 0.3 is 11.9 Å². The van der Waals surface area contributed by atoms with E-state index in [0.717, 1.165) is 0 Å². The van der Waals surface area contributed by atoms with E-state index in [1.807, 2.05) is 0 Å². The zero-order chi connectivity index (χ0) is 30.8. The summed E-state index contributed by atoms with van der Waals surface area (Å²) < 4.78 is 57.8. The number of aliphatic carboxylic acids is 1. The van der Waals surface area contributed by atoms with Crippen molar-refractivity contribution in [1.82, 2.24) is 5.32 Å². The summed E-state index contributed by atoms with van der Waals surface area (Å²) in [5.74, 6) is -1.85. The van der Waals surface area contributed by atoms with E-state index in [1.54, 1.807) is 0 Å². The Morgan fingerprint density at radius 1 is 0.452 bits per heavy atom. The number of carboxylic acid groups (broad SMARTS) is 1. The first kappa shape index (κ1) is 40.0. The molecule has 0 spiro atoms. The molecule has 16 nitrogen and oxygen atoms in total. The fourth-order valence-electron chi connectivity index (χ4n) is 2.65. The zero-order valence-corrected chi connectivity index (χ0v) is 24.7. The van der Waals surface area contributed by atoms with Crippen molar-refractivity contribution in [2.24, 2.45) is 0 Å². The normalized spacial score (nSPS) is 11.1. The molecule has 2 N–H and O–H groups in total. The fourth-order valence-corrected chi connectivity index (χ4v) is 2.65. The smallest absolute Gasteiger partial charge is 0.329 e. The van der Waals surface area contributed by atoms with Crippen LogP contribution in [0.3, 0.4) is 0 Å². The number of carboxylic acids is 1. The van der Waals surface area contributed by atoms with E-state index in [9.17, 15) is 14.4 Å². The molecule has 0 aromatic heterocycles. The van der Waals surface area contributed by atoms with Crippen LogP contribution < -0.4 is 5.32 Å². The summed E-state index contributed by atoms with van der Waals surface area (Å²) in [6.07, 6.45) is 0. The van der Waals surface area contributed by atoms with Crippen molar-refractivity contribution in [3.63, 3.8) is 0 Å². The SMILES string of the molecule is CC(=O)OCCOCCOCCOCCOCCOCCOCCOCCOCCOCCNC(=O)COCC(=O)O. The molecule has 16 heteroatoms. The van der Waals surface area contributed by atoms with E-state index in [2.05, 4.69) is 10.1 Å². The number of carbonyl (C=O) groups excluding carboxylic acids is 2. The maximum atomic E-state index is 11.3. The monoisotopic (exact) mass is 615 g/mol. The molecule has 0 aliphatic rings. The van der Waals surface area contributed by atoms with E-state index < -0.39 is 18.5 Å². The molecule has 0 bridgehead atoms. The molecular weight excluding hydrogens is 566 g/mol. The Bertz CT molecular complexity index is 627. The molecule has 0 atom stereocenters. The van der Waals surface area contributed by atoms with Crippen molar-refractivity contribution in [2.75, 3.05) is 145 Å². The van der Waals surface area contributed by atoms with Crippen molar-refractivity contribution < 1.29 is 71.6 Å². The first-order valence-corrected chi connectivity index (χ1v) is 13.9. The third-order valence-electron chi connectivity index (χ3n) is 4.54. The molecule has 1 amide bonds. The van der Waals surface area contributed by atoms with Crippen molar-refractivity contribution in [3.05, 3.63) is 0 Å². The van der Waals surface area contributed by atoms with Crippen molar-refractivity contribution in [2.45, 2.75) is 6.92 Å². The van der Waals surface area contributed by atoms with Gasteiger partial charge in [0.2, 0.25) is 5.91 Å². The molecule has 0 fully saturated rings. The second kappa shape index (κ2) is 33.5. The van der Waals surface area contributed by atoms with Crippen molar-refractivity contribution >= 4 is 17.8 Å². The third kappa shape index (κ3) is 36.0. The molecule has 0 aromatic rings. The minimum atomic E-state index is -1.13. The van der Waals surface area contributed by atoms with Crippen LogP contribution in [0.4, 0.5) is 0 Å². The van der Waals surface area contributed by atoms with Gasteiger partial charge in [-0.2, -0.15) is 0 Å². The zero-order valence-electron chi connectivity index (χ0n) is 24.7. The molecule has 0 saturated heterocycles. The van der Waals surface area contributed by atoms with Crippen LogP contribution in [-0.2, 0) is 66.5 Å². The number of hydrogen-bond donors (Lipinski definition) is 2. The molecule has 0 heterocycles. The molecule has 0 aliphatic heterocycles. The minimum Gasteiger partial charge on any atom is -0.480 e. The number of amides is 1. The van der Waals surface area contributed by atoms with Gasteiger partial charge in [0.15, 0.2) is 0 Å². The molecule has 42 heavy (non-hydrogen) atoms. The lowest BCUT2D eigenvalue weighted by atomic mass is 10.6. The van der Waals surface area contributed by atoms with Crippen LogP contribution in [0.15, 0.2) is 0 Å². The Morgan fingerprint density at radius 3 is 1.07 bits per heavy atom. The molecule has 0 aliphatic carbocycles. The minimum absolute atomic E-state index is 0.248. The van der Waals surface area contributed by atoms with Crippen LogP contribution >= 0.6 is 0 Å². The molecule has 0 aromatic carbocycles. The standard InChI is InChI=1S/C26H49NO15/c1-24(28)42-21-20-40-19-18-39-17-16-38-15-14-37-13-12-36-11-10-35-9-8-34-7-6-33-5-4-32-3-2-27-25(29)22-41-23-26(30)31/h2-23H2,1H3,(H,27,29)(H,30,31). The molecule has 248 valence electrons. The maximum absolute atomic E-state index is 11.3. The summed E-state index contributed by atoms with van der Waals surface area (Å²) in [4.78, 5) is 32.2. The van der Waals surface area contributed by atoms with E-state index in [-0.39, 0.29) is 19.2 Å². The first-order chi connectivity index (χ1) is 20.5. The molecular formula is C26H49NO15. The lowest BCUT2D eigenvalue weighted by molar-refractivity contribution is -0.144. The van der Waals surface area contributed by atoms with Gasteiger partial charge in [0, 0.05) is 13.5 Å². The Morgan fingerprint density at radius 2 is 0.762 bits per heavy atom. The number of esters is 1. The van der Waals surface area contributed by atoms with E-state index in [4.69, 9.17) is 52.5 Å². The topological polar surface area (TPSA) is 185 Å². The lowest BCUT2D eigenvalue weighted by Gasteiger charge is -2.09. The third-order valence-corrected chi connectivity index (χ3v) is 4.54. The van der Waals surface area contributed by atoms with Crippen LogP contribution in [0, 0.1) is 0 Å². The van der Waals surface area contributed by atoms with Crippen LogP contribution in [0.2, 0.25) is 0 Å². The van der Waals surface area contributed by atoms with Crippen LogP contribution in [0.1, 0.15) is 6.92 Å². The van der Waals surface area contributed by atoms with E-state index in [0.29, 0.717) is 125 Å². The van der Waals surface area contributed by atoms with E-state index in [1.165, 1.54) is 6.92 Å². The number of ether oxygens (including phenoxy) is 11. The summed E-state index contributed by atoms with van der Waals surface area (Å²) in [6.45, 7) is 8.96. The highest BCUT2D eigenvalue weighted by Gasteiger charge is 2.03. The summed E-state index contributed by atoms with van der Waals surface area (Å²) in [7, 11) is 0. The summed E-state index contributed by atoms with van der Waals surface area (Å²) >= 11 is 0. The van der Waals surface area contributed by atoms with Gasteiger partial charge in [-0.05, 0) is 0 Å². The lowest BCUT2D eigenvalue weighted by Crippen LogP contribution is -2.31. The summed E-state index contributed by atoms with van der Waals surface area (Å²) in [6, 6.07) is 0. The quantitative estimate of drug-likeness (QED) is 0.0657. The number of nitrogens with one attached hydrogen (secondary N) is 1. The second-order valence-corrected chi connectivity index (χ2v) is 8.09. The van der Waals surface area contributed by atoms with Gasteiger partial charge in [0.1, 0.15) is 19.8 Å². The van der Waals surface area contributed by atoms with Crippen LogP contribution in [-0.4, -0.2) is 168 Å². The average Bonchev–Trinajstić information content (AvgIpc) is 2.95. The Kier molecular flexibility index (Phi) is 31.9. The van der Waals surface area contributed by atoms with Gasteiger partial charge in [-0.15, -0.1) is 0 Å². The molecule has 0 unspecified atom stereocenters. The van der Waals surface area contributed by atoms with Gasteiger partial charge < -0.3 is 62.5 Å². The summed E-state index contributed by atoms with van der Waals surface area (Å²) in [5.41, 5.74) is 0. The fraction of sp³-hybridized carbons (Fsp3) is 0.885. The highest BCUT2D eigenvalue weighted by molar-refractivity contribution is 5.77. The molecule has 0 rings (SSSR count). The Balaban J connectivity index is 3.09. The maximum Gasteiger partial charge on any atom is 0.329 e. The summed E-state index contributed by atoms with van der Waals surface area (Å²) in [5, 5.41) is 10.9. The average molecular weight is 616 g/mol. The van der Waals surface area contributed by atoms with Gasteiger partial charge in [-0.3, -0.25) is 9.59 Å². The Hall–Kier alpha value is -1.99. The highest BCUT2D eigenvalue weighted by Crippen LogP contribution is 1.87. The van der Waals surface area contributed by atoms with Crippen LogP contribution in [0.25, 0.3) is 0 Å². The number of hydrogen-bond acceptors (Lipinski definition) is 14.